The Morgan fingerprint density at radius 1 is 1.24 bits per heavy atom. The van der Waals surface area contributed by atoms with Gasteiger partial charge in [0.05, 0.1) is 20.9 Å². The van der Waals surface area contributed by atoms with Crippen LogP contribution in [0.15, 0.2) is 57.2 Å². The first kappa shape index (κ1) is 19.1. The molecule has 0 fully saturated rings. The number of allylic oxidation sites excluding steroid dienone is 1. The molecule has 0 radical (unpaired) electrons. The number of fused-ring (bicyclic) bond motifs is 3. The molecule has 0 saturated heterocycles. The molecule has 148 valence electrons. The van der Waals surface area contributed by atoms with Gasteiger partial charge in [-0.25, -0.2) is 4.79 Å². The molecule has 1 aliphatic heterocycles. The number of benzene rings is 2. The minimum atomic E-state index is -1.34. The fourth-order valence-corrected chi connectivity index (χ4v) is 3.90. The van der Waals surface area contributed by atoms with Crippen LogP contribution < -0.4 is 15.7 Å². The summed E-state index contributed by atoms with van der Waals surface area (Å²) >= 11 is 12.1. The fraction of sp³-hybridized carbons (Fsp3) is 0.105. The van der Waals surface area contributed by atoms with Crippen molar-refractivity contribution in [2.75, 3.05) is 7.05 Å². The molecule has 1 unspecified atom stereocenters. The molecule has 1 aliphatic rings. The van der Waals surface area contributed by atoms with Crippen molar-refractivity contribution in [3.05, 3.63) is 89.7 Å². The highest BCUT2D eigenvalue weighted by molar-refractivity contribution is 6.35. The van der Waals surface area contributed by atoms with Crippen LogP contribution in [0.2, 0.25) is 10.0 Å². The van der Waals surface area contributed by atoms with E-state index in [4.69, 9.17) is 32.4 Å². The maximum Gasteiger partial charge on any atom is 0.344 e. The zero-order chi connectivity index (χ0) is 20.9. The van der Waals surface area contributed by atoms with Gasteiger partial charge in [-0.1, -0.05) is 35.3 Å². The number of para-hydroxylation sites is 1. The molecule has 0 aliphatic carbocycles. The van der Waals surface area contributed by atoms with Crippen LogP contribution in [0.1, 0.15) is 17.0 Å². The lowest BCUT2D eigenvalue weighted by Gasteiger charge is -2.26. The summed E-state index contributed by atoms with van der Waals surface area (Å²) in [5, 5.41) is 25.6. The Morgan fingerprint density at radius 3 is 2.66 bits per heavy atom. The third kappa shape index (κ3) is 2.97. The predicted molar refractivity (Wildman–Crippen MR) is 106 cm³/mol. The Bertz CT molecular complexity index is 1270. The van der Waals surface area contributed by atoms with Gasteiger partial charge in [0, 0.05) is 17.6 Å². The first-order valence-corrected chi connectivity index (χ1v) is 9.06. The highest BCUT2D eigenvalue weighted by atomic mass is 35.5. The van der Waals surface area contributed by atoms with Crippen LogP contribution >= 0.6 is 23.2 Å². The summed E-state index contributed by atoms with van der Waals surface area (Å²) in [4.78, 5) is 24.1. The lowest BCUT2D eigenvalue weighted by Crippen LogP contribution is -2.31. The number of halogens is 2. The van der Waals surface area contributed by atoms with Crippen LogP contribution in [0.4, 0.5) is 0 Å². The van der Waals surface area contributed by atoms with E-state index in [9.17, 15) is 20.0 Å². The second-order valence-corrected chi connectivity index (χ2v) is 7.05. The maximum atomic E-state index is 12.8. The Kier molecular flexibility index (Phi) is 4.60. The van der Waals surface area contributed by atoms with E-state index >= 15 is 0 Å². The van der Waals surface area contributed by atoms with E-state index in [-0.39, 0.29) is 38.4 Å². The number of ether oxygens (including phenoxy) is 1. The van der Waals surface area contributed by atoms with Crippen LogP contribution in [-0.4, -0.2) is 17.1 Å². The molecule has 29 heavy (non-hydrogen) atoms. The van der Waals surface area contributed by atoms with E-state index in [2.05, 4.69) is 5.32 Å². The van der Waals surface area contributed by atoms with Gasteiger partial charge >= 0.3 is 11.3 Å². The van der Waals surface area contributed by atoms with Crippen molar-refractivity contribution in [3.8, 4) is 11.5 Å². The van der Waals surface area contributed by atoms with Gasteiger partial charge in [0.15, 0.2) is 5.75 Å². The lowest BCUT2D eigenvalue weighted by atomic mass is 9.86. The van der Waals surface area contributed by atoms with Crippen molar-refractivity contribution < 1.29 is 19.2 Å². The zero-order valence-corrected chi connectivity index (χ0v) is 16.2. The monoisotopic (exact) mass is 434 g/mol. The number of nitrogens with zero attached hydrogens (tertiary/aromatic N) is 1. The molecule has 0 amide bonds. The Morgan fingerprint density at radius 2 is 1.97 bits per heavy atom. The number of hydrogen-bond donors (Lipinski definition) is 2. The van der Waals surface area contributed by atoms with Crippen LogP contribution in [-0.2, 0) is 0 Å². The average molecular weight is 435 g/mol. The molecule has 2 aromatic carbocycles. The summed E-state index contributed by atoms with van der Waals surface area (Å²) < 4.78 is 11.1. The SMILES string of the molecule is CNC1=C([N+](=O)[O-])C(c2cc(Cl)cc(Cl)c2O)c2c(c3ccccc3oc2=O)O1. The van der Waals surface area contributed by atoms with Crippen LogP contribution in [0.3, 0.4) is 0 Å². The van der Waals surface area contributed by atoms with E-state index in [0.29, 0.717) is 5.39 Å². The number of phenolic OH excluding ortho intramolecular Hbond substituents is 1. The Labute approximate surface area is 173 Å². The average Bonchev–Trinajstić information content (AvgIpc) is 2.69. The smallest absolute Gasteiger partial charge is 0.344 e. The van der Waals surface area contributed by atoms with E-state index in [1.165, 1.54) is 19.2 Å². The number of nitrogens with one attached hydrogen (secondary N) is 1. The second-order valence-electron chi connectivity index (χ2n) is 6.21. The summed E-state index contributed by atoms with van der Waals surface area (Å²) in [6.07, 6.45) is 0. The molecule has 3 aromatic rings. The molecule has 2 N–H and O–H groups in total. The normalized spacial score (nSPS) is 15.8. The summed E-state index contributed by atoms with van der Waals surface area (Å²) in [6, 6.07) is 9.23. The molecule has 0 bridgehead atoms. The van der Waals surface area contributed by atoms with Crippen molar-refractivity contribution in [1.29, 1.82) is 0 Å². The number of hydrogen-bond acceptors (Lipinski definition) is 7. The van der Waals surface area contributed by atoms with E-state index in [0.717, 1.165) is 0 Å². The minimum Gasteiger partial charge on any atom is -0.506 e. The van der Waals surface area contributed by atoms with Gasteiger partial charge in [-0.15, -0.1) is 0 Å². The van der Waals surface area contributed by atoms with Gasteiger partial charge in [0.2, 0.25) is 0 Å². The molecule has 4 rings (SSSR count). The lowest BCUT2D eigenvalue weighted by molar-refractivity contribution is -0.433. The molecule has 0 saturated carbocycles. The van der Waals surface area contributed by atoms with Crippen LogP contribution in [0, 0.1) is 10.1 Å². The van der Waals surface area contributed by atoms with Crippen molar-refractivity contribution >= 4 is 34.2 Å². The van der Waals surface area contributed by atoms with Crippen molar-refractivity contribution in [1.82, 2.24) is 5.32 Å². The first-order valence-electron chi connectivity index (χ1n) is 8.31. The molecule has 0 spiro atoms. The second kappa shape index (κ2) is 6.98. The third-order valence-corrected chi connectivity index (χ3v) is 5.10. The quantitative estimate of drug-likeness (QED) is 0.363. The molecule has 1 atom stereocenters. The van der Waals surface area contributed by atoms with Gasteiger partial charge < -0.3 is 19.6 Å². The van der Waals surface area contributed by atoms with E-state index < -0.39 is 27.9 Å². The minimum absolute atomic E-state index is 0.0194. The highest BCUT2D eigenvalue weighted by Gasteiger charge is 2.44. The van der Waals surface area contributed by atoms with Gasteiger partial charge in [-0.2, -0.15) is 0 Å². The van der Waals surface area contributed by atoms with Crippen molar-refractivity contribution in [2.45, 2.75) is 5.92 Å². The summed E-state index contributed by atoms with van der Waals surface area (Å²) in [5.74, 6) is -1.87. The highest BCUT2D eigenvalue weighted by Crippen LogP contribution is 2.48. The summed E-state index contributed by atoms with van der Waals surface area (Å²) in [5.41, 5.74) is -1.23. The van der Waals surface area contributed by atoms with Gasteiger partial charge in [0.1, 0.15) is 17.3 Å². The molecule has 1 aromatic heterocycles. The van der Waals surface area contributed by atoms with E-state index in [1.807, 2.05) is 0 Å². The Hall–Kier alpha value is -3.23. The number of phenols is 1. The molecule has 8 nitrogen and oxygen atoms in total. The predicted octanol–water partition coefficient (Wildman–Crippen LogP) is 3.99. The molecule has 2 heterocycles. The van der Waals surface area contributed by atoms with Crippen molar-refractivity contribution in [2.24, 2.45) is 0 Å². The Balaban J connectivity index is 2.16. The standard InChI is InChI=1S/C19H12Cl2N2O6/c1-22-18-15(23(26)27)13(10-6-8(20)7-11(21)16(10)24)14-17(29-18)9-4-2-3-5-12(9)28-19(14)25/h2-7,13,22,24H,1H3. The van der Waals surface area contributed by atoms with E-state index in [1.54, 1.807) is 24.3 Å². The fourth-order valence-electron chi connectivity index (χ4n) is 3.39. The number of rotatable bonds is 3. The van der Waals surface area contributed by atoms with Crippen LogP contribution in [0.25, 0.3) is 11.0 Å². The molecular formula is C19H12Cl2N2O6. The largest absolute Gasteiger partial charge is 0.506 e. The van der Waals surface area contributed by atoms with Crippen LogP contribution in [0.5, 0.6) is 11.5 Å². The molecular weight excluding hydrogens is 423 g/mol. The van der Waals surface area contributed by atoms with Gasteiger partial charge in [-0.3, -0.25) is 10.1 Å². The van der Waals surface area contributed by atoms with Gasteiger partial charge in [0.25, 0.3) is 5.88 Å². The first-order chi connectivity index (χ1) is 13.8. The van der Waals surface area contributed by atoms with Gasteiger partial charge in [-0.05, 0) is 24.3 Å². The summed E-state index contributed by atoms with van der Waals surface area (Å²) in [7, 11) is 1.44. The maximum absolute atomic E-state index is 12.8. The molecule has 10 heteroatoms. The van der Waals surface area contributed by atoms with Crippen molar-refractivity contribution in [3.63, 3.8) is 0 Å². The third-order valence-electron chi connectivity index (χ3n) is 4.59. The zero-order valence-electron chi connectivity index (χ0n) is 14.7. The number of aromatic hydroxyl groups is 1. The topological polar surface area (TPSA) is 115 Å². The number of nitro groups is 1. The summed E-state index contributed by atoms with van der Waals surface area (Å²) in [6.45, 7) is 0.